The van der Waals surface area contributed by atoms with Crippen molar-refractivity contribution in [3.8, 4) is 11.5 Å². The van der Waals surface area contributed by atoms with Crippen LogP contribution in [0.3, 0.4) is 0 Å². The number of rotatable bonds is 5. The average molecular weight is 337 g/mol. The van der Waals surface area contributed by atoms with Crippen molar-refractivity contribution < 1.29 is 18.8 Å². The highest BCUT2D eigenvalue weighted by Crippen LogP contribution is 2.36. The molecule has 25 heavy (non-hydrogen) atoms. The predicted molar refractivity (Wildman–Crippen MR) is 86.9 cm³/mol. The number of hydrogen-bond donors (Lipinski definition) is 0. The third-order valence-corrected chi connectivity index (χ3v) is 3.85. The molecule has 7 heteroatoms. The maximum Gasteiger partial charge on any atom is 0.293 e. The van der Waals surface area contributed by atoms with Gasteiger partial charge >= 0.3 is 0 Å². The van der Waals surface area contributed by atoms with Gasteiger partial charge in [0.1, 0.15) is 0 Å². The number of para-hydroxylation sites is 1. The number of nitrogens with zero attached hydrogens (tertiary/aromatic N) is 3. The highest BCUT2D eigenvalue weighted by atomic mass is 16.7. The Morgan fingerprint density at radius 2 is 2.00 bits per heavy atom. The van der Waals surface area contributed by atoms with Crippen molar-refractivity contribution in [2.45, 2.75) is 13.1 Å². The molecule has 7 nitrogen and oxygen atoms in total. The lowest BCUT2D eigenvalue weighted by atomic mass is 10.1. The van der Waals surface area contributed by atoms with E-state index in [-0.39, 0.29) is 18.5 Å². The number of benzene rings is 1. The Labute approximate surface area is 143 Å². The molecule has 0 atom stereocenters. The quantitative estimate of drug-likeness (QED) is 0.712. The fraction of sp³-hybridized carbons (Fsp3) is 0.167. The lowest BCUT2D eigenvalue weighted by Crippen LogP contribution is -2.30. The molecule has 3 heterocycles. The molecule has 3 aromatic rings. The van der Waals surface area contributed by atoms with Crippen molar-refractivity contribution in [2.75, 3.05) is 6.79 Å². The Hall–Kier alpha value is -3.35. The second kappa shape index (κ2) is 6.64. The smallest absolute Gasteiger partial charge is 0.293 e. The number of aromatic nitrogens is 2. The molecule has 0 aliphatic carbocycles. The molecule has 4 rings (SSSR count). The summed E-state index contributed by atoms with van der Waals surface area (Å²) in [5, 5.41) is 3.61. The molecule has 1 aromatic carbocycles. The van der Waals surface area contributed by atoms with Crippen LogP contribution in [0, 0.1) is 0 Å². The van der Waals surface area contributed by atoms with Gasteiger partial charge in [-0.1, -0.05) is 23.4 Å². The van der Waals surface area contributed by atoms with Crippen LogP contribution in [0.5, 0.6) is 11.5 Å². The molecular weight excluding hydrogens is 322 g/mol. The van der Waals surface area contributed by atoms with Crippen molar-refractivity contribution >= 4 is 5.91 Å². The number of amides is 1. The first-order valence-electron chi connectivity index (χ1n) is 7.78. The molecule has 0 radical (unpaired) electrons. The zero-order valence-electron chi connectivity index (χ0n) is 13.3. The highest BCUT2D eigenvalue weighted by Gasteiger charge is 2.24. The second-order valence-corrected chi connectivity index (χ2v) is 5.51. The first kappa shape index (κ1) is 15.2. The number of pyridine rings is 1. The molecular formula is C18H15N3O4. The maximum absolute atomic E-state index is 12.8. The van der Waals surface area contributed by atoms with E-state index in [1.807, 2.05) is 36.4 Å². The third-order valence-electron chi connectivity index (χ3n) is 3.85. The van der Waals surface area contributed by atoms with E-state index >= 15 is 0 Å². The number of hydrogen-bond acceptors (Lipinski definition) is 6. The fourth-order valence-electron chi connectivity index (χ4n) is 2.69. The monoisotopic (exact) mass is 337 g/mol. The van der Waals surface area contributed by atoms with Gasteiger partial charge in [0, 0.05) is 17.8 Å². The maximum atomic E-state index is 12.8. The van der Waals surface area contributed by atoms with Gasteiger partial charge in [-0.05, 0) is 18.2 Å². The number of fused-ring (bicyclic) bond motifs is 1. The van der Waals surface area contributed by atoms with Crippen LogP contribution in [0.1, 0.15) is 21.8 Å². The SMILES string of the molecule is O=C(c1ccno1)N(Cc1ccccn1)Cc1cccc2c1OCO2. The molecule has 0 spiro atoms. The average Bonchev–Trinajstić information content (AvgIpc) is 3.33. The van der Waals surface area contributed by atoms with E-state index in [0.717, 1.165) is 11.3 Å². The lowest BCUT2D eigenvalue weighted by molar-refractivity contribution is 0.0684. The second-order valence-electron chi connectivity index (χ2n) is 5.51. The summed E-state index contributed by atoms with van der Waals surface area (Å²) in [5.41, 5.74) is 1.64. The van der Waals surface area contributed by atoms with Gasteiger partial charge < -0.3 is 18.9 Å². The molecule has 1 aliphatic heterocycles. The van der Waals surface area contributed by atoms with E-state index in [2.05, 4.69) is 10.1 Å². The third kappa shape index (κ3) is 3.16. The van der Waals surface area contributed by atoms with Gasteiger partial charge in [0.25, 0.3) is 5.91 Å². The van der Waals surface area contributed by atoms with Gasteiger partial charge in [-0.25, -0.2) is 0 Å². The van der Waals surface area contributed by atoms with E-state index in [0.29, 0.717) is 24.6 Å². The van der Waals surface area contributed by atoms with Gasteiger partial charge in [-0.2, -0.15) is 0 Å². The Kier molecular flexibility index (Phi) is 4.04. The summed E-state index contributed by atoms with van der Waals surface area (Å²) in [6.07, 6.45) is 3.15. The summed E-state index contributed by atoms with van der Waals surface area (Å²) >= 11 is 0. The van der Waals surface area contributed by atoms with Gasteiger partial charge in [-0.15, -0.1) is 0 Å². The van der Waals surface area contributed by atoms with E-state index in [1.165, 1.54) is 6.20 Å². The standard InChI is InChI=1S/C18H15N3O4/c22-18(16-7-9-20-25-16)21(11-14-5-1-2-8-19-14)10-13-4-3-6-15-17(13)24-12-23-15/h1-9H,10-12H2. The summed E-state index contributed by atoms with van der Waals surface area (Å²) in [7, 11) is 0. The summed E-state index contributed by atoms with van der Waals surface area (Å²) in [4.78, 5) is 18.7. The summed E-state index contributed by atoms with van der Waals surface area (Å²) in [5.74, 6) is 1.27. The lowest BCUT2D eigenvalue weighted by Gasteiger charge is -2.22. The molecule has 1 aliphatic rings. The highest BCUT2D eigenvalue weighted by molar-refractivity contribution is 5.91. The number of carbonyl (C=O) groups excluding carboxylic acids is 1. The first-order chi connectivity index (χ1) is 12.3. The predicted octanol–water partition coefficient (Wildman–Crippen LogP) is 2.64. The van der Waals surface area contributed by atoms with Crippen LogP contribution in [0.25, 0.3) is 0 Å². The van der Waals surface area contributed by atoms with Crippen LogP contribution in [-0.4, -0.2) is 27.7 Å². The van der Waals surface area contributed by atoms with Crippen molar-refractivity contribution in [3.05, 3.63) is 71.9 Å². The van der Waals surface area contributed by atoms with Crippen LogP contribution in [0.2, 0.25) is 0 Å². The zero-order chi connectivity index (χ0) is 17.1. The summed E-state index contributed by atoms with van der Waals surface area (Å²) in [6.45, 7) is 0.857. The van der Waals surface area contributed by atoms with Crippen LogP contribution in [0.15, 0.2) is 59.4 Å². The van der Waals surface area contributed by atoms with Crippen molar-refractivity contribution in [1.82, 2.24) is 15.0 Å². The zero-order valence-corrected chi connectivity index (χ0v) is 13.3. The Morgan fingerprint density at radius 1 is 1.04 bits per heavy atom. The topological polar surface area (TPSA) is 77.7 Å². The van der Waals surface area contributed by atoms with Crippen LogP contribution in [0.4, 0.5) is 0 Å². The van der Waals surface area contributed by atoms with Crippen LogP contribution >= 0.6 is 0 Å². The molecule has 0 fully saturated rings. The molecule has 0 saturated carbocycles. The fourth-order valence-corrected chi connectivity index (χ4v) is 2.69. The molecule has 2 aromatic heterocycles. The van der Waals surface area contributed by atoms with Gasteiger partial charge in [-0.3, -0.25) is 9.78 Å². The largest absolute Gasteiger partial charge is 0.454 e. The van der Waals surface area contributed by atoms with Crippen molar-refractivity contribution in [3.63, 3.8) is 0 Å². The molecule has 126 valence electrons. The minimum atomic E-state index is -0.264. The Morgan fingerprint density at radius 3 is 2.80 bits per heavy atom. The van der Waals surface area contributed by atoms with E-state index in [4.69, 9.17) is 14.0 Å². The van der Waals surface area contributed by atoms with Gasteiger partial charge in [0.15, 0.2) is 11.5 Å². The summed E-state index contributed by atoms with van der Waals surface area (Å²) < 4.78 is 16.0. The minimum absolute atomic E-state index is 0.181. The molecule has 0 saturated heterocycles. The first-order valence-corrected chi connectivity index (χ1v) is 7.78. The molecule has 0 N–H and O–H groups in total. The minimum Gasteiger partial charge on any atom is -0.454 e. The Balaban J connectivity index is 1.63. The summed E-state index contributed by atoms with van der Waals surface area (Å²) in [6, 6.07) is 12.8. The molecule has 0 unspecified atom stereocenters. The van der Waals surface area contributed by atoms with Crippen molar-refractivity contribution in [2.24, 2.45) is 0 Å². The number of carbonyl (C=O) groups is 1. The number of ether oxygens (including phenoxy) is 2. The van der Waals surface area contributed by atoms with Crippen molar-refractivity contribution in [1.29, 1.82) is 0 Å². The van der Waals surface area contributed by atoms with Gasteiger partial charge in [0.05, 0.1) is 25.0 Å². The molecule has 0 bridgehead atoms. The van der Waals surface area contributed by atoms with Crippen LogP contribution < -0.4 is 9.47 Å². The normalized spacial score (nSPS) is 12.2. The Bertz CT molecular complexity index is 865. The van der Waals surface area contributed by atoms with E-state index in [9.17, 15) is 4.79 Å². The van der Waals surface area contributed by atoms with E-state index < -0.39 is 0 Å². The van der Waals surface area contributed by atoms with Gasteiger partial charge in [0.2, 0.25) is 12.6 Å². The van der Waals surface area contributed by atoms with E-state index in [1.54, 1.807) is 17.2 Å². The van der Waals surface area contributed by atoms with Crippen LogP contribution in [-0.2, 0) is 13.1 Å². The molecule has 1 amide bonds.